The van der Waals surface area contributed by atoms with Gasteiger partial charge in [-0.25, -0.2) is 0 Å². The summed E-state index contributed by atoms with van der Waals surface area (Å²) in [7, 11) is 0. The van der Waals surface area contributed by atoms with Crippen LogP contribution < -0.4 is 0 Å². The van der Waals surface area contributed by atoms with Gasteiger partial charge >= 0.3 is 0 Å². The summed E-state index contributed by atoms with van der Waals surface area (Å²) in [6.45, 7) is 1.99. The molecule has 1 aliphatic carbocycles. The number of carbonyl (C=O) groups is 1. The molecule has 0 aromatic heterocycles. The molecular weight excluding hydrogens is 210 g/mol. The van der Waals surface area contributed by atoms with Crippen LogP contribution >= 0.6 is 0 Å². The standard InChI is InChI=1S/C15H23NO/c17-15(16-12-6-7-13-16)11-5-4-10-14-8-2-1-3-9-14/h1-2,9H,3-8,10-13H2. The van der Waals surface area contributed by atoms with Crippen molar-refractivity contribution in [1.29, 1.82) is 0 Å². The number of nitrogens with zero attached hydrogens (tertiary/aromatic N) is 1. The van der Waals surface area contributed by atoms with E-state index in [1.165, 1.54) is 25.7 Å². The van der Waals surface area contributed by atoms with Gasteiger partial charge < -0.3 is 4.90 Å². The van der Waals surface area contributed by atoms with Crippen LogP contribution in [0.2, 0.25) is 0 Å². The third-order valence-corrected chi connectivity index (χ3v) is 3.69. The molecule has 0 aromatic carbocycles. The van der Waals surface area contributed by atoms with Gasteiger partial charge in [0.15, 0.2) is 0 Å². The Kier molecular flexibility index (Phi) is 4.84. The fourth-order valence-corrected chi connectivity index (χ4v) is 2.61. The summed E-state index contributed by atoms with van der Waals surface area (Å²) >= 11 is 0. The van der Waals surface area contributed by atoms with Gasteiger partial charge in [0.2, 0.25) is 5.91 Å². The van der Waals surface area contributed by atoms with Gasteiger partial charge in [-0.15, -0.1) is 0 Å². The zero-order chi connectivity index (χ0) is 11.9. The molecule has 2 rings (SSSR count). The minimum atomic E-state index is 0.375. The maximum Gasteiger partial charge on any atom is 0.222 e. The molecule has 0 radical (unpaired) electrons. The van der Waals surface area contributed by atoms with Crippen molar-refractivity contribution in [2.45, 2.75) is 51.4 Å². The van der Waals surface area contributed by atoms with Gasteiger partial charge in [0.25, 0.3) is 0 Å². The minimum absolute atomic E-state index is 0.375. The molecule has 17 heavy (non-hydrogen) atoms. The fraction of sp³-hybridized carbons (Fsp3) is 0.667. The van der Waals surface area contributed by atoms with Crippen LogP contribution in [0, 0.1) is 0 Å². The number of likely N-dealkylation sites (tertiary alicyclic amines) is 1. The van der Waals surface area contributed by atoms with E-state index in [9.17, 15) is 4.79 Å². The summed E-state index contributed by atoms with van der Waals surface area (Å²) in [5.74, 6) is 0.375. The quantitative estimate of drug-likeness (QED) is 0.526. The van der Waals surface area contributed by atoms with Gasteiger partial charge in [-0.1, -0.05) is 23.8 Å². The highest BCUT2D eigenvalue weighted by Crippen LogP contribution is 2.18. The summed E-state index contributed by atoms with van der Waals surface area (Å²) in [4.78, 5) is 13.8. The average Bonchev–Trinajstić information content (AvgIpc) is 2.89. The normalized spacial score (nSPS) is 19.5. The van der Waals surface area contributed by atoms with E-state index in [2.05, 4.69) is 18.2 Å². The molecule has 1 aliphatic heterocycles. The zero-order valence-electron chi connectivity index (χ0n) is 10.7. The number of hydrogen-bond donors (Lipinski definition) is 0. The van der Waals surface area contributed by atoms with Gasteiger partial charge in [0.1, 0.15) is 0 Å². The third-order valence-electron chi connectivity index (χ3n) is 3.69. The number of hydrogen-bond acceptors (Lipinski definition) is 1. The Hall–Kier alpha value is -1.05. The summed E-state index contributed by atoms with van der Waals surface area (Å²) < 4.78 is 0. The van der Waals surface area contributed by atoms with Crippen molar-refractivity contribution in [3.05, 3.63) is 23.8 Å². The highest BCUT2D eigenvalue weighted by Gasteiger charge is 2.16. The second-order valence-electron chi connectivity index (χ2n) is 5.07. The predicted octanol–water partition coefficient (Wildman–Crippen LogP) is 3.45. The molecule has 0 saturated carbocycles. The highest BCUT2D eigenvalue weighted by molar-refractivity contribution is 5.76. The van der Waals surface area contributed by atoms with Crippen LogP contribution in [0.1, 0.15) is 51.4 Å². The van der Waals surface area contributed by atoms with E-state index in [0.29, 0.717) is 5.91 Å². The van der Waals surface area contributed by atoms with Gasteiger partial charge in [-0.2, -0.15) is 0 Å². The van der Waals surface area contributed by atoms with Crippen molar-refractivity contribution in [3.8, 4) is 0 Å². The molecule has 1 heterocycles. The van der Waals surface area contributed by atoms with Gasteiger partial charge in [0.05, 0.1) is 0 Å². The molecule has 94 valence electrons. The summed E-state index contributed by atoms with van der Waals surface area (Å²) in [6, 6.07) is 0. The summed E-state index contributed by atoms with van der Waals surface area (Å²) in [6.07, 6.45) is 15.6. The SMILES string of the molecule is O=C(CCCCC1=CCC=CC1)N1CCCC1. The zero-order valence-corrected chi connectivity index (χ0v) is 10.7. The van der Waals surface area contributed by atoms with Crippen LogP contribution in [0.3, 0.4) is 0 Å². The molecule has 0 atom stereocenters. The molecule has 1 saturated heterocycles. The molecule has 0 unspecified atom stereocenters. The summed E-state index contributed by atoms with van der Waals surface area (Å²) in [5.41, 5.74) is 1.56. The highest BCUT2D eigenvalue weighted by atomic mass is 16.2. The Balaban J connectivity index is 1.56. The molecule has 0 bridgehead atoms. The van der Waals surface area contributed by atoms with Gasteiger partial charge in [-0.3, -0.25) is 4.79 Å². The molecule has 2 nitrogen and oxygen atoms in total. The van der Waals surface area contributed by atoms with Gasteiger partial charge in [-0.05, 0) is 44.9 Å². The van der Waals surface area contributed by atoms with Crippen molar-refractivity contribution in [3.63, 3.8) is 0 Å². The van der Waals surface area contributed by atoms with E-state index in [4.69, 9.17) is 0 Å². The molecule has 2 aliphatic rings. The second-order valence-corrected chi connectivity index (χ2v) is 5.07. The summed E-state index contributed by atoms with van der Waals surface area (Å²) in [5, 5.41) is 0. The molecule has 0 N–H and O–H groups in total. The molecule has 2 heteroatoms. The van der Waals surface area contributed by atoms with E-state index in [1.807, 2.05) is 4.90 Å². The molecule has 1 amide bonds. The number of allylic oxidation sites excluding steroid dienone is 4. The third kappa shape index (κ3) is 4.03. The first kappa shape index (κ1) is 12.4. The van der Waals surface area contributed by atoms with Crippen LogP contribution in [0.25, 0.3) is 0 Å². The van der Waals surface area contributed by atoms with Crippen molar-refractivity contribution in [2.75, 3.05) is 13.1 Å². The van der Waals surface area contributed by atoms with E-state index in [-0.39, 0.29) is 0 Å². The van der Waals surface area contributed by atoms with Crippen LogP contribution in [0.15, 0.2) is 23.8 Å². The van der Waals surface area contributed by atoms with Crippen molar-refractivity contribution < 1.29 is 4.79 Å². The first-order chi connectivity index (χ1) is 8.36. The lowest BCUT2D eigenvalue weighted by Gasteiger charge is -2.15. The van der Waals surface area contributed by atoms with Gasteiger partial charge in [0, 0.05) is 19.5 Å². The Morgan fingerprint density at radius 1 is 1.18 bits per heavy atom. The second kappa shape index (κ2) is 6.63. The first-order valence-electron chi connectivity index (χ1n) is 6.97. The lowest BCUT2D eigenvalue weighted by molar-refractivity contribution is -0.130. The van der Waals surface area contributed by atoms with Crippen molar-refractivity contribution >= 4 is 5.91 Å². The molecule has 1 fully saturated rings. The number of unbranched alkanes of at least 4 members (excludes halogenated alkanes) is 1. The van der Waals surface area contributed by atoms with E-state index < -0.39 is 0 Å². The lowest BCUT2D eigenvalue weighted by Crippen LogP contribution is -2.27. The number of amides is 1. The van der Waals surface area contributed by atoms with E-state index in [0.717, 1.165) is 38.8 Å². The maximum absolute atomic E-state index is 11.8. The van der Waals surface area contributed by atoms with Crippen LogP contribution in [-0.2, 0) is 4.79 Å². The number of rotatable bonds is 5. The first-order valence-corrected chi connectivity index (χ1v) is 6.97. The fourth-order valence-electron chi connectivity index (χ4n) is 2.61. The van der Waals surface area contributed by atoms with E-state index in [1.54, 1.807) is 5.57 Å². The smallest absolute Gasteiger partial charge is 0.222 e. The van der Waals surface area contributed by atoms with Crippen LogP contribution in [0.4, 0.5) is 0 Å². The monoisotopic (exact) mass is 233 g/mol. The Morgan fingerprint density at radius 3 is 2.71 bits per heavy atom. The number of carbonyl (C=O) groups excluding carboxylic acids is 1. The molecular formula is C15H23NO. The Morgan fingerprint density at radius 2 is 2.00 bits per heavy atom. The molecule has 0 spiro atoms. The van der Waals surface area contributed by atoms with Crippen molar-refractivity contribution in [2.24, 2.45) is 0 Å². The predicted molar refractivity (Wildman–Crippen MR) is 70.7 cm³/mol. The molecule has 0 aromatic rings. The average molecular weight is 233 g/mol. The maximum atomic E-state index is 11.8. The Bertz CT molecular complexity index is 311. The lowest BCUT2D eigenvalue weighted by atomic mass is 10.00. The topological polar surface area (TPSA) is 20.3 Å². The van der Waals surface area contributed by atoms with Crippen LogP contribution in [-0.4, -0.2) is 23.9 Å². The minimum Gasteiger partial charge on any atom is -0.343 e. The largest absolute Gasteiger partial charge is 0.343 e. The van der Waals surface area contributed by atoms with Crippen molar-refractivity contribution in [1.82, 2.24) is 4.90 Å². The Labute approximate surface area is 104 Å². The van der Waals surface area contributed by atoms with Crippen LogP contribution in [0.5, 0.6) is 0 Å². The van der Waals surface area contributed by atoms with E-state index >= 15 is 0 Å².